The van der Waals surface area contributed by atoms with Crippen molar-refractivity contribution in [3.63, 3.8) is 0 Å². The summed E-state index contributed by atoms with van der Waals surface area (Å²) in [4.78, 5) is 27.6. The zero-order chi connectivity index (χ0) is 20.8. The summed E-state index contributed by atoms with van der Waals surface area (Å²) in [7, 11) is 0. The van der Waals surface area contributed by atoms with E-state index < -0.39 is 6.04 Å². The number of amides is 2. The Morgan fingerprint density at radius 1 is 1.00 bits per heavy atom. The van der Waals surface area contributed by atoms with Gasteiger partial charge in [-0.3, -0.25) is 9.59 Å². The SMILES string of the molecule is O=C(NCCSCc1ccccc1)C1Cc2ccccc2CN1C(=O)c1ccco1. The number of hydrogen-bond donors (Lipinski definition) is 1. The van der Waals surface area contributed by atoms with E-state index in [1.807, 2.05) is 42.5 Å². The zero-order valence-corrected chi connectivity index (χ0v) is 17.4. The van der Waals surface area contributed by atoms with Gasteiger partial charge >= 0.3 is 0 Å². The maximum atomic E-state index is 13.0. The number of carbonyl (C=O) groups is 2. The molecule has 0 bridgehead atoms. The summed E-state index contributed by atoms with van der Waals surface area (Å²) >= 11 is 1.78. The number of furan rings is 1. The van der Waals surface area contributed by atoms with Gasteiger partial charge in [-0.1, -0.05) is 54.6 Å². The Bertz CT molecular complexity index is 989. The molecule has 2 aromatic carbocycles. The third-order valence-corrected chi connectivity index (χ3v) is 6.23. The first kappa shape index (κ1) is 20.3. The molecule has 1 atom stereocenters. The van der Waals surface area contributed by atoms with Crippen molar-refractivity contribution in [1.29, 1.82) is 0 Å². The largest absolute Gasteiger partial charge is 0.459 e. The standard InChI is InChI=1S/C24H24N2O3S/c27-23(25-12-14-30-17-18-7-2-1-3-8-18)21-15-19-9-4-5-10-20(19)16-26(21)24(28)22-11-6-13-29-22/h1-11,13,21H,12,14-17H2,(H,25,27). The monoisotopic (exact) mass is 420 g/mol. The molecule has 6 heteroatoms. The maximum Gasteiger partial charge on any atom is 0.290 e. The molecule has 0 saturated carbocycles. The van der Waals surface area contributed by atoms with Crippen LogP contribution in [0.3, 0.4) is 0 Å². The van der Waals surface area contributed by atoms with E-state index in [-0.39, 0.29) is 17.6 Å². The van der Waals surface area contributed by atoms with Crippen LogP contribution in [0.15, 0.2) is 77.4 Å². The Hall–Kier alpha value is -2.99. The molecule has 1 N–H and O–H groups in total. The van der Waals surface area contributed by atoms with Gasteiger partial charge in [0.1, 0.15) is 6.04 Å². The molecule has 0 fully saturated rings. The Morgan fingerprint density at radius 2 is 1.77 bits per heavy atom. The van der Waals surface area contributed by atoms with Gasteiger partial charge in [-0.15, -0.1) is 0 Å². The summed E-state index contributed by atoms with van der Waals surface area (Å²) in [5, 5.41) is 3.02. The molecule has 0 saturated heterocycles. The van der Waals surface area contributed by atoms with Crippen LogP contribution in [0.5, 0.6) is 0 Å². The van der Waals surface area contributed by atoms with E-state index in [1.165, 1.54) is 11.8 Å². The van der Waals surface area contributed by atoms with Crippen LogP contribution >= 0.6 is 11.8 Å². The quantitative estimate of drug-likeness (QED) is 0.589. The number of benzene rings is 2. The van der Waals surface area contributed by atoms with Crippen LogP contribution in [0.1, 0.15) is 27.2 Å². The summed E-state index contributed by atoms with van der Waals surface area (Å²) in [5.41, 5.74) is 3.45. The van der Waals surface area contributed by atoms with E-state index in [4.69, 9.17) is 4.42 Å². The minimum atomic E-state index is -0.545. The first-order valence-corrected chi connectivity index (χ1v) is 11.2. The van der Waals surface area contributed by atoms with Gasteiger partial charge in [0.2, 0.25) is 5.91 Å². The molecular weight excluding hydrogens is 396 g/mol. The lowest BCUT2D eigenvalue weighted by Crippen LogP contribution is -2.52. The topological polar surface area (TPSA) is 62.6 Å². The maximum absolute atomic E-state index is 13.0. The van der Waals surface area contributed by atoms with Crippen molar-refractivity contribution in [2.75, 3.05) is 12.3 Å². The van der Waals surface area contributed by atoms with E-state index in [0.29, 0.717) is 19.5 Å². The number of fused-ring (bicyclic) bond motifs is 1. The van der Waals surface area contributed by atoms with Crippen LogP contribution < -0.4 is 5.32 Å². The third kappa shape index (κ3) is 4.76. The number of rotatable bonds is 7. The predicted octanol–water partition coefficient (Wildman–Crippen LogP) is 3.90. The Morgan fingerprint density at radius 3 is 2.53 bits per heavy atom. The number of carbonyl (C=O) groups excluding carboxylic acids is 2. The first-order valence-electron chi connectivity index (χ1n) is 10.0. The van der Waals surface area contributed by atoms with E-state index in [1.54, 1.807) is 28.8 Å². The van der Waals surface area contributed by atoms with Crippen LogP contribution in [-0.2, 0) is 23.5 Å². The highest BCUT2D eigenvalue weighted by molar-refractivity contribution is 7.98. The lowest BCUT2D eigenvalue weighted by Gasteiger charge is -2.35. The van der Waals surface area contributed by atoms with E-state index in [0.717, 1.165) is 22.6 Å². The van der Waals surface area contributed by atoms with E-state index >= 15 is 0 Å². The molecule has 1 aromatic heterocycles. The molecule has 2 heterocycles. The van der Waals surface area contributed by atoms with Crippen LogP contribution in [0.2, 0.25) is 0 Å². The van der Waals surface area contributed by atoms with Crippen molar-refractivity contribution in [3.8, 4) is 0 Å². The number of nitrogens with one attached hydrogen (secondary N) is 1. The predicted molar refractivity (Wildman–Crippen MR) is 118 cm³/mol. The third-order valence-electron chi connectivity index (χ3n) is 5.20. The minimum Gasteiger partial charge on any atom is -0.459 e. The van der Waals surface area contributed by atoms with Gasteiger partial charge in [0, 0.05) is 31.0 Å². The fourth-order valence-corrected chi connectivity index (χ4v) is 4.46. The van der Waals surface area contributed by atoms with Crippen LogP contribution in [-0.4, -0.2) is 35.1 Å². The van der Waals surface area contributed by atoms with Crippen LogP contribution in [0, 0.1) is 0 Å². The average Bonchev–Trinajstić information content (AvgIpc) is 3.33. The normalized spacial score (nSPS) is 15.5. The fourth-order valence-electron chi connectivity index (χ4n) is 3.64. The molecule has 0 aliphatic carbocycles. The van der Waals surface area contributed by atoms with Gasteiger partial charge in [0.05, 0.1) is 6.26 Å². The van der Waals surface area contributed by atoms with Gasteiger partial charge in [-0.25, -0.2) is 0 Å². The Balaban J connectivity index is 1.38. The second kappa shape index (κ2) is 9.67. The molecule has 1 aliphatic rings. The van der Waals surface area contributed by atoms with E-state index in [2.05, 4.69) is 17.4 Å². The molecule has 2 amide bonds. The fraction of sp³-hybridized carbons (Fsp3) is 0.250. The molecule has 5 nitrogen and oxygen atoms in total. The second-order valence-electron chi connectivity index (χ2n) is 7.23. The van der Waals surface area contributed by atoms with Gasteiger partial charge in [-0.2, -0.15) is 11.8 Å². The summed E-state index contributed by atoms with van der Waals surface area (Å²) in [6.07, 6.45) is 1.98. The average molecular weight is 421 g/mol. The molecule has 30 heavy (non-hydrogen) atoms. The van der Waals surface area contributed by atoms with Crippen LogP contribution in [0.4, 0.5) is 0 Å². The Labute approximate surface area is 180 Å². The summed E-state index contributed by atoms with van der Waals surface area (Å²) in [6.45, 7) is 0.966. The zero-order valence-electron chi connectivity index (χ0n) is 16.6. The highest BCUT2D eigenvalue weighted by atomic mass is 32.2. The molecule has 1 unspecified atom stereocenters. The van der Waals surface area contributed by atoms with Gasteiger partial charge in [-0.05, 0) is 28.8 Å². The molecule has 3 aromatic rings. The lowest BCUT2D eigenvalue weighted by molar-refractivity contribution is -0.126. The van der Waals surface area contributed by atoms with Crippen LogP contribution in [0.25, 0.3) is 0 Å². The summed E-state index contributed by atoms with van der Waals surface area (Å²) in [6, 6.07) is 21.0. The van der Waals surface area contributed by atoms with Crippen molar-refractivity contribution < 1.29 is 14.0 Å². The highest BCUT2D eigenvalue weighted by Gasteiger charge is 2.35. The number of thioether (sulfide) groups is 1. The van der Waals surface area contributed by atoms with Gasteiger partial charge in [0.15, 0.2) is 5.76 Å². The summed E-state index contributed by atoms with van der Waals surface area (Å²) < 4.78 is 5.29. The molecule has 0 spiro atoms. The van der Waals surface area contributed by atoms with Crippen molar-refractivity contribution in [2.24, 2.45) is 0 Å². The van der Waals surface area contributed by atoms with Gasteiger partial charge < -0.3 is 14.6 Å². The van der Waals surface area contributed by atoms with Crippen molar-refractivity contribution >= 4 is 23.6 Å². The molecular formula is C24H24N2O3S. The van der Waals surface area contributed by atoms with E-state index in [9.17, 15) is 9.59 Å². The molecule has 0 radical (unpaired) electrons. The minimum absolute atomic E-state index is 0.121. The lowest BCUT2D eigenvalue weighted by atomic mass is 9.93. The number of hydrogen-bond acceptors (Lipinski definition) is 4. The van der Waals surface area contributed by atoms with Crippen molar-refractivity contribution in [1.82, 2.24) is 10.2 Å². The first-order chi connectivity index (χ1) is 14.7. The molecule has 154 valence electrons. The molecule has 4 rings (SSSR count). The molecule has 1 aliphatic heterocycles. The number of nitrogens with zero attached hydrogens (tertiary/aromatic N) is 1. The van der Waals surface area contributed by atoms with Crippen molar-refractivity contribution in [2.45, 2.75) is 24.8 Å². The smallest absolute Gasteiger partial charge is 0.290 e. The Kier molecular flexibility index (Phi) is 6.54. The second-order valence-corrected chi connectivity index (χ2v) is 8.33. The van der Waals surface area contributed by atoms with Crippen molar-refractivity contribution in [3.05, 3.63) is 95.4 Å². The van der Waals surface area contributed by atoms with Gasteiger partial charge in [0.25, 0.3) is 5.91 Å². The highest BCUT2D eigenvalue weighted by Crippen LogP contribution is 2.25. The summed E-state index contributed by atoms with van der Waals surface area (Å²) in [5.74, 6) is 1.61.